The Kier molecular flexibility index (Phi) is 7.72. The van der Waals surface area contributed by atoms with Crippen LogP contribution in [0.3, 0.4) is 0 Å². The van der Waals surface area contributed by atoms with Gasteiger partial charge in [-0.1, -0.05) is 13.8 Å². The second-order valence-corrected chi connectivity index (χ2v) is 6.47. The third-order valence-electron chi connectivity index (χ3n) is 4.53. The standard InChI is InChI=1S/C16H31N3O2/c1-12(2)14(6-9-17)4-5-16(21)18-15-7-10-19(11-8-15)13(3)20/h12,14-15H,4-11,17H2,1-3H3,(H,18,21). The summed E-state index contributed by atoms with van der Waals surface area (Å²) < 4.78 is 0. The van der Waals surface area contributed by atoms with Gasteiger partial charge in [-0.05, 0) is 44.1 Å². The van der Waals surface area contributed by atoms with Crippen molar-refractivity contribution in [3.63, 3.8) is 0 Å². The smallest absolute Gasteiger partial charge is 0.220 e. The number of carbonyl (C=O) groups excluding carboxylic acids is 2. The van der Waals surface area contributed by atoms with Gasteiger partial charge in [0, 0.05) is 32.5 Å². The second-order valence-electron chi connectivity index (χ2n) is 6.47. The predicted molar refractivity (Wildman–Crippen MR) is 84.7 cm³/mol. The quantitative estimate of drug-likeness (QED) is 0.748. The van der Waals surface area contributed by atoms with Crippen molar-refractivity contribution < 1.29 is 9.59 Å². The molecular formula is C16H31N3O2. The van der Waals surface area contributed by atoms with Crippen LogP contribution in [0.4, 0.5) is 0 Å². The second kappa shape index (κ2) is 9.03. The minimum Gasteiger partial charge on any atom is -0.353 e. The molecule has 0 aromatic rings. The van der Waals surface area contributed by atoms with Gasteiger partial charge < -0.3 is 16.0 Å². The van der Waals surface area contributed by atoms with Gasteiger partial charge in [-0.15, -0.1) is 0 Å². The summed E-state index contributed by atoms with van der Waals surface area (Å²) in [6, 6.07) is 0.222. The van der Waals surface area contributed by atoms with Crippen molar-refractivity contribution in [3.05, 3.63) is 0 Å². The van der Waals surface area contributed by atoms with Gasteiger partial charge in [-0.25, -0.2) is 0 Å². The molecule has 0 spiro atoms. The van der Waals surface area contributed by atoms with E-state index in [-0.39, 0.29) is 17.9 Å². The molecule has 21 heavy (non-hydrogen) atoms. The van der Waals surface area contributed by atoms with Crippen molar-refractivity contribution in [2.45, 2.75) is 58.9 Å². The predicted octanol–water partition coefficient (Wildman–Crippen LogP) is 1.51. The van der Waals surface area contributed by atoms with Crippen LogP contribution in [0.2, 0.25) is 0 Å². The van der Waals surface area contributed by atoms with Gasteiger partial charge in [0.2, 0.25) is 11.8 Å². The minimum absolute atomic E-state index is 0.126. The molecule has 1 saturated heterocycles. The van der Waals surface area contributed by atoms with Crippen LogP contribution >= 0.6 is 0 Å². The summed E-state index contributed by atoms with van der Waals surface area (Å²) >= 11 is 0. The Morgan fingerprint density at radius 2 is 1.86 bits per heavy atom. The lowest BCUT2D eigenvalue weighted by Gasteiger charge is -2.31. The topological polar surface area (TPSA) is 75.4 Å². The van der Waals surface area contributed by atoms with Gasteiger partial charge in [0.1, 0.15) is 0 Å². The van der Waals surface area contributed by atoms with E-state index < -0.39 is 0 Å². The van der Waals surface area contributed by atoms with Gasteiger partial charge in [0.15, 0.2) is 0 Å². The summed E-state index contributed by atoms with van der Waals surface area (Å²) in [6.07, 6.45) is 4.20. The average molecular weight is 297 g/mol. The average Bonchev–Trinajstić information content (AvgIpc) is 2.43. The summed E-state index contributed by atoms with van der Waals surface area (Å²) in [4.78, 5) is 25.1. The molecule has 3 N–H and O–H groups in total. The van der Waals surface area contributed by atoms with Crippen LogP contribution < -0.4 is 11.1 Å². The van der Waals surface area contributed by atoms with Crippen molar-refractivity contribution in [2.75, 3.05) is 19.6 Å². The van der Waals surface area contributed by atoms with Crippen LogP contribution in [0.1, 0.15) is 52.9 Å². The van der Waals surface area contributed by atoms with E-state index in [2.05, 4.69) is 19.2 Å². The first-order valence-electron chi connectivity index (χ1n) is 8.19. The molecule has 1 fully saturated rings. The molecule has 0 aromatic heterocycles. The molecule has 0 aromatic carbocycles. The van der Waals surface area contributed by atoms with Crippen molar-refractivity contribution >= 4 is 11.8 Å². The summed E-state index contributed by atoms with van der Waals surface area (Å²) in [5.74, 6) is 1.36. The lowest BCUT2D eigenvalue weighted by atomic mass is 9.88. The molecule has 1 heterocycles. The lowest BCUT2D eigenvalue weighted by molar-refractivity contribution is -0.130. The van der Waals surface area contributed by atoms with E-state index in [1.54, 1.807) is 6.92 Å². The summed E-state index contributed by atoms with van der Waals surface area (Å²) in [5.41, 5.74) is 5.63. The molecule has 122 valence electrons. The molecule has 5 heteroatoms. The first-order chi connectivity index (χ1) is 9.93. The molecule has 0 radical (unpaired) electrons. The monoisotopic (exact) mass is 297 g/mol. The van der Waals surface area contributed by atoms with Crippen molar-refractivity contribution in [2.24, 2.45) is 17.6 Å². The van der Waals surface area contributed by atoms with Gasteiger partial charge in [-0.2, -0.15) is 0 Å². The highest BCUT2D eigenvalue weighted by Crippen LogP contribution is 2.20. The molecule has 0 aliphatic carbocycles. The zero-order chi connectivity index (χ0) is 15.8. The van der Waals surface area contributed by atoms with Gasteiger partial charge in [-0.3, -0.25) is 9.59 Å². The Morgan fingerprint density at radius 3 is 2.33 bits per heavy atom. The summed E-state index contributed by atoms with van der Waals surface area (Å²) in [7, 11) is 0. The molecule has 0 bridgehead atoms. The Morgan fingerprint density at radius 1 is 1.24 bits per heavy atom. The zero-order valence-electron chi connectivity index (χ0n) is 13.7. The Balaban J connectivity index is 2.26. The number of nitrogens with zero attached hydrogens (tertiary/aromatic N) is 1. The van der Waals surface area contributed by atoms with E-state index in [4.69, 9.17) is 5.73 Å². The van der Waals surface area contributed by atoms with E-state index in [0.717, 1.165) is 38.8 Å². The normalized spacial score (nSPS) is 17.9. The van der Waals surface area contributed by atoms with Gasteiger partial charge in [0.25, 0.3) is 0 Å². The number of carbonyl (C=O) groups is 2. The number of likely N-dealkylation sites (tertiary alicyclic amines) is 1. The highest BCUT2D eigenvalue weighted by molar-refractivity contribution is 5.76. The summed E-state index contributed by atoms with van der Waals surface area (Å²) in [5, 5.41) is 3.11. The van der Waals surface area contributed by atoms with E-state index in [9.17, 15) is 9.59 Å². The minimum atomic E-state index is 0.126. The van der Waals surface area contributed by atoms with Gasteiger partial charge in [0.05, 0.1) is 0 Å². The number of amides is 2. The Hall–Kier alpha value is -1.10. The number of nitrogens with one attached hydrogen (secondary N) is 1. The number of nitrogens with two attached hydrogens (primary N) is 1. The van der Waals surface area contributed by atoms with E-state index >= 15 is 0 Å². The molecule has 1 aliphatic heterocycles. The SMILES string of the molecule is CC(=O)N1CCC(NC(=O)CCC(CCN)C(C)C)CC1. The summed E-state index contributed by atoms with van der Waals surface area (Å²) in [6.45, 7) is 8.17. The highest BCUT2D eigenvalue weighted by Gasteiger charge is 2.22. The molecule has 1 atom stereocenters. The van der Waals surface area contributed by atoms with E-state index in [1.165, 1.54) is 0 Å². The number of hydrogen-bond acceptors (Lipinski definition) is 3. The van der Waals surface area contributed by atoms with Gasteiger partial charge >= 0.3 is 0 Å². The maximum atomic E-state index is 12.0. The molecule has 1 unspecified atom stereocenters. The fourth-order valence-corrected chi connectivity index (χ4v) is 2.98. The van der Waals surface area contributed by atoms with Crippen LogP contribution in [-0.2, 0) is 9.59 Å². The van der Waals surface area contributed by atoms with Crippen LogP contribution in [0.25, 0.3) is 0 Å². The third kappa shape index (κ3) is 6.46. The number of hydrogen-bond donors (Lipinski definition) is 2. The maximum absolute atomic E-state index is 12.0. The molecule has 0 saturated carbocycles. The van der Waals surface area contributed by atoms with Crippen LogP contribution in [0, 0.1) is 11.8 Å². The van der Waals surface area contributed by atoms with Crippen molar-refractivity contribution in [1.29, 1.82) is 0 Å². The first kappa shape index (κ1) is 18.0. The van der Waals surface area contributed by atoms with E-state index in [0.29, 0.717) is 24.8 Å². The number of piperidine rings is 1. The fraction of sp³-hybridized carbons (Fsp3) is 0.875. The largest absolute Gasteiger partial charge is 0.353 e. The van der Waals surface area contributed by atoms with Crippen LogP contribution in [-0.4, -0.2) is 42.4 Å². The zero-order valence-corrected chi connectivity index (χ0v) is 13.7. The molecule has 5 nitrogen and oxygen atoms in total. The Bertz CT molecular complexity index is 336. The highest BCUT2D eigenvalue weighted by atomic mass is 16.2. The molecule has 2 amide bonds. The number of rotatable bonds is 7. The van der Waals surface area contributed by atoms with Crippen LogP contribution in [0.15, 0.2) is 0 Å². The Labute approximate surface area is 128 Å². The molecule has 1 rings (SSSR count). The molecular weight excluding hydrogens is 266 g/mol. The van der Waals surface area contributed by atoms with E-state index in [1.807, 2.05) is 4.90 Å². The first-order valence-corrected chi connectivity index (χ1v) is 8.19. The van der Waals surface area contributed by atoms with Crippen molar-refractivity contribution in [3.8, 4) is 0 Å². The van der Waals surface area contributed by atoms with Crippen LogP contribution in [0.5, 0.6) is 0 Å². The lowest BCUT2D eigenvalue weighted by Crippen LogP contribution is -2.46. The maximum Gasteiger partial charge on any atom is 0.220 e. The molecule has 1 aliphatic rings. The fourth-order valence-electron chi connectivity index (χ4n) is 2.98. The third-order valence-corrected chi connectivity index (χ3v) is 4.53. The van der Waals surface area contributed by atoms with Crippen molar-refractivity contribution in [1.82, 2.24) is 10.2 Å².